The molecule has 2 rings (SSSR count). The average Bonchev–Trinajstić information content (AvgIpc) is 2.37. The molecule has 0 N–H and O–H groups in total. The summed E-state index contributed by atoms with van der Waals surface area (Å²) in [6.45, 7) is 2.70. The highest BCUT2D eigenvalue weighted by molar-refractivity contribution is 8.31. The van der Waals surface area contributed by atoms with E-state index in [1.807, 2.05) is 30.3 Å². The molecule has 108 valence electrons. The smallest absolute Gasteiger partial charge is 0.317 e. The van der Waals surface area contributed by atoms with Gasteiger partial charge >= 0.3 is 8.26 Å². The molecule has 0 heterocycles. The number of ether oxygens (including phenoxy) is 1. The van der Waals surface area contributed by atoms with Gasteiger partial charge in [-0.2, -0.15) is 8.42 Å². The van der Waals surface area contributed by atoms with Gasteiger partial charge in [0.1, 0.15) is 12.4 Å². The normalized spacial score (nSPS) is 10.3. The largest absolute Gasteiger partial charge is 0.489 e. The highest BCUT2D eigenvalue weighted by Gasteiger charge is 1.94. The van der Waals surface area contributed by atoms with Gasteiger partial charge in [0, 0.05) is 21.4 Å². The second-order valence-electron chi connectivity index (χ2n) is 3.97. The Kier molecular flexibility index (Phi) is 6.85. The summed E-state index contributed by atoms with van der Waals surface area (Å²) in [6.07, 6.45) is 0. The molecule has 0 aliphatic rings. The molecule has 2 aromatic carbocycles. The fraction of sp³-hybridized carbons (Fsp3) is 0.143. The van der Waals surface area contributed by atoms with Crippen molar-refractivity contribution in [3.8, 4) is 5.75 Å². The standard InChI is InChI=1S/C14H14O.Cl2O2S/c1-12-7-9-14(10-8-12)15-11-13-5-3-2-4-6-13;1-5(2,3)4/h2-10H,11H2,1H3;. The van der Waals surface area contributed by atoms with E-state index in [1.54, 1.807) is 0 Å². The minimum absolute atomic E-state index is 0.629. The van der Waals surface area contributed by atoms with Crippen molar-refractivity contribution in [1.82, 2.24) is 0 Å². The van der Waals surface area contributed by atoms with E-state index in [-0.39, 0.29) is 0 Å². The summed E-state index contributed by atoms with van der Waals surface area (Å²) >= 11 is 0. The third-order valence-corrected chi connectivity index (χ3v) is 2.27. The quantitative estimate of drug-likeness (QED) is 0.787. The van der Waals surface area contributed by atoms with Crippen LogP contribution in [0.1, 0.15) is 11.1 Å². The summed E-state index contributed by atoms with van der Waals surface area (Å²) in [4.78, 5) is 0. The van der Waals surface area contributed by atoms with E-state index in [9.17, 15) is 0 Å². The second-order valence-corrected chi connectivity index (χ2v) is 7.63. The summed E-state index contributed by atoms with van der Waals surface area (Å²) < 4.78 is 24.0. The van der Waals surface area contributed by atoms with Gasteiger partial charge in [-0.05, 0) is 24.6 Å². The first kappa shape index (κ1) is 16.8. The third kappa shape index (κ3) is 8.80. The van der Waals surface area contributed by atoms with E-state index in [0.29, 0.717) is 6.61 Å². The van der Waals surface area contributed by atoms with Crippen molar-refractivity contribution < 1.29 is 13.2 Å². The van der Waals surface area contributed by atoms with Crippen molar-refractivity contribution in [1.29, 1.82) is 0 Å². The predicted octanol–water partition coefficient (Wildman–Crippen LogP) is 4.28. The molecule has 0 aliphatic heterocycles. The molecule has 0 fully saturated rings. The van der Waals surface area contributed by atoms with Crippen LogP contribution in [0, 0.1) is 6.92 Å². The van der Waals surface area contributed by atoms with E-state index in [4.69, 9.17) is 13.2 Å². The molecule has 0 aliphatic carbocycles. The van der Waals surface area contributed by atoms with Crippen molar-refractivity contribution >= 4 is 29.6 Å². The lowest BCUT2D eigenvalue weighted by Gasteiger charge is -2.06. The van der Waals surface area contributed by atoms with Gasteiger partial charge in [-0.1, -0.05) is 48.0 Å². The van der Waals surface area contributed by atoms with E-state index in [1.165, 1.54) is 11.1 Å². The Morgan fingerprint density at radius 3 is 1.95 bits per heavy atom. The van der Waals surface area contributed by atoms with Gasteiger partial charge in [0.25, 0.3) is 0 Å². The summed E-state index contributed by atoms with van der Waals surface area (Å²) in [6, 6.07) is 18.3. The Hall–Kier alpha value is -1.23. The van der Waals surface area contributed by atoms with Gasteiger partial charge in [0.15, 0.2) is 0 Å². The Balaban J connectivity index is 0.000000347. The number of aryl methyl sites for hydroxylation is 1. The van der Waals surface area contributed by atoms with Crippen molar-refractivity contribution in [2.45, 2.75) is 13.5 Å². The zero-order chi connectivity index (χ0) is 15.0. The van der Waals surface area contributed by atoms with Crippen molar-refractivity contribution in [3.05, 3.63) is 65.7 Å². The SMILES string of the molecule is Cc1ccc(OCc2ccccc2)cc1.O=S(=O)(Cl)Cl. The lowest BCUT2D eigenvalue weighted by molar-refractivity contribution is 0.306. The highest BCUT2D eigenvalue weighted by Crippen LogP contribution is 2.13. The molecule has 0 saturated carbocycles. The van der Waals surface area contributed by atoms with Crippen LogP contribution in [-0.4, -0.2) is 8.42 Å². The van der Waals surface area contributed by atoms with Crippen LogP contribution >= 0.6 is 21.4 Å². The second kappa shape index (κ2) is 8.15. The maximum atomic E-state index is 9.16. The predicted molar refractivity (Wildman–Crippen MR) is 82.6 cm³/mol. The first-order valence-electron chi connectivity index (χ1n) is 5.72. The van der Waals surface area contributed by atoms with E-state index in [2.05, 4.69) is 52.6 Å². The van der Waals surface area contributed by atoms with Gasteiger partial charge in [0.2, 0.25) is 0 Å². The van der Waals surface area contributed by atoms with E-state index < -0.39 is 8.26 Å². The molecule has 0 spiro atoms. The molecule has 2 aromatic rings. The maximum absolute atomic E-state index is 9.16. The van der Waals surface area contributed by atoms with Crippen LogP contribution in [0.2, 0.25) is 0 Å². The Morgan fingerprint density at radius 1 is 0.950 bits per heavy atom. The first-order chi connectivity index (χ1) is 9.34. The van der Waals surface area contributed by atoms with Crippen LogP contribution in [0.5, 0.6) is 5.75 Å². The number of benzene rings is 2. The third-order valence-electron chi connectivity index (χ3n) is 2.27. The van der Waals surface area contributed by atoms with Gasteiger partial charge in [-0.15, -0.1) is 0 Å². The maximum Gasteiger partial charge on any atom is 0.317 e. The number of hydrogen-bond donors (Lipinski definition) is 0. The molecule has 0 aromatic heterocycles. The lowest BCUT2D eigenvalue weighted by Crippen LogP contribution is -1.94. The van der Waals surface area contributed by atoms with E-state index >= 15 is 0 Å². The number of hydrogen-bond acceptors (Lipinski definition) is 3. The molecule has 0 radical (unpaired) electrons. The van der Waals surface area contributed by atoms with Crippen molar-refractivity contribution in [3.63, 3.8) is 0 Å². The summed E-state index contributed by atoms with van der Waals surface area (Å²) in [5.74, 6) is 0.921. The van der Waals surface area contributed by atoms with Gasteiger partial charge < -0.3 is 4.74 Å². The molecule has 0 bridgehead atoms. The molecule has 6 heteroatoms. The Morgan fingerprint density at radius 2 is 1.45 bits per heavy atom. The van der Waals surface area contributed by atoms with Gasteiger partial charge in [-0.3, -0.25) is 0 Å². The average molecular weight is 333 g/mol. The zero-order valence-corrected chi connectivity index (χ0v) is 13.1. The minimum Gasteiger partial charge on any atom is -0.489 e. The van der Waals surface area contributed by atoms with Crippen LogP contribution in [-0.2, 0) is 14.9 Å². The highest BCUT2D eigenvalue weighted by atomic mass is 36.0. The topological polar surface area (TPSA) is 43.4 Å². The van der Waals surface area contributed by atoms with E-state index in [0.717, 1.165) is 5.75 Å². The van der Waals surface area contributed by atoms with Crippen LogP contribution in [0.4, 0.5) is 0 Å². The molecule has 0 amide bonds. The molecule has 3 nitrogen and oxygen atoms in total. The van der Waals surface area contributed by atoms with Crippen LogP contribution < -0.4 is 4.74 Å². The fourth-order valence-electron chi connectivity index (χ4n) is 1.38. The first-order valence-corrected chi connectivity index (χ1v) is 8.86. The van der Waals surface area contributed by atoms with Crippen LogP contribution in [0.25, 0.3) is 0 Å². The monoisotopic (exact) mass is 332 g/mol. The molecule has 0 saturated heterocycles. The van der Waals surface area contributed by atoms with Crippen molar-refractivity contribution in [2.24, 2.45) is 0 Å². The van der Waals surface area contributed by atoms with Crippen LogP contribution in [0.3, 0.4) is 0 Å². The summed E-state index contributed by atoms with van der Waals surface area (Å²) in [7, 11) is 4.81. The summed E-state index contributed by atoms with van der Waals surface area (Å²) in [5.41, 5.74) is 2.44. The molecule has 0 atom stereocenters. The summed E-state index contributed by atoms with van der Waals surface area (Å²) in [5, 5.41) is 0. The van der Waals surface area contributed by atoms with Gasteiger partial charge in [0.05, 0.1) is 0 Å². The Bertz CT molecular complexity index is 603. The molecule has 20 heavy (non-hydrogen) atoms. The molecule has 0 unspecified atom stereocenters. The Labute approximate surface area is 128 Å². The minimum atomic E-state index is -3.72. The number of halogens is 2. The zero-order valence-electron chi connectivity index (χ0n) is 10.8. The molecular formula is C14H14Cl2O3S. The molecular weight excluding hydrogens is 319 g/mol. The fourth-order valence-corrected chi connectivity index (χ4v) is 1.38. The number of rotatable bonds is 3. The lowest BCUT2D eigenvalue weighted by atomic mass is 10.2. The van der Waals surface area contributed by atoms with Crippen molar-refractivity contribution in [2.75, 3.05) is 0 Å². The van der Waals surface area contributed by atoms with Crippen LogP contribution in [0.15, 0.2) is 54.6 Å². The van der Waals surface area contributed by atoms with Gasteiger partial charge in [-0.25, -0.2) is 0 Å².